The molecular formula is C11H19NO3. The Morgan fingerprint density at radius 2 is 2.00 bits per heavy atom. The molecule has 0 radical (unpaired) electrons. The molecule has 4 heteroatoms. The third kappa shape index (κ3) is 5.88. The molecule has 86 valence electrons. The number of carbonyl (C=O) groups is 2. The molecule has 0 aromatic rings. The topological polar surface area (TPSA) is 55.4 Å². The van der Waals surface area contributed by atoms with E-state index < -0.39 is 17.7 Å². The molecule has 4 nitrogen and oxygen atoms in total. The highest BCUT2D eigenvalue weighted by Gasteiger charge is 2.21. The fourth-order valence-corrected chi connectivity index (χ4v) is 0.880. The van der Waals surface area contributed by atoms with Gasteiger partial charge in [0.1, 0.15) is 11.9 Å². The molecule has 1 N–H and O–H groups in total. The Morgan fingerprint density at radius 3 is 2.33 bits per heavy atom. The zero-order chi connectivity index (χ0) is 12.1. The number of rotatable bonds is 4. The Kier molecular flexibility index (Phi) is 5.05. The van der Waals surface area contributed by atoms with Crippen LogP contribution >= 0.6 is 0 Å². The second kappa shape index (κ2) is 5.53. The lowest BCUT2D eigenvalue weighted by Crippen LogP contribution is -2.42. The molecule has 0 aliphatic heterocycles. The molecule has 2 unspecified atom stereocenters. The Morgan fingerprint density at radius 1 is 1.47 bits per heavy atom. The van der Waals surface area contributed by atoms with E-state index in [1.165, 1.54) is 0 Å². The van der Waals surface area contributed by atoms with Crippen LogP contribution in [0.4, 0.5) is 4.79 Å². The summed E-state index contributed by atoms with van der Waals surface area (Å²) >= 11 is 0. The van der Waals surface area contributed by atoms with Crippen molar-refractivity contribution in [3.05, 3.63) is 12.7 Å². The van der Waals surface area contributed by atoms with Crippen LogP contribution in [-0.4, -0.2) is 24.0 Å². The minimum atomic E-state index is -0.590. The number of aldehydes is 1. The fourth-order valence-electron chi connectivity index (χ4n) is 0.880. The molecule has 0 aliphatic rings. The predicted octanol–water partition coefficient (Wildman–Crippen LogP) is 1.90. The Balaban J connectivity index is 4.25. The van der Waals surface area contributed by atoms with Crippen LogP contribution in [0.3, 0.4) is 0 Å². The van der Waals surface area contributed by atoms with Crippen molar-refractivity contribution in [1.29, 1.82) is 0 Å². The van der Waals surface area contributed by atoms with Gasteiger partial charge in [-0.05, 0) is 20.8 Å². The van der Waals surface area contributed by atoms with Crippen LogP contribution in [0.25, 0.3) is 0 Å². The van der Waals surface area contributed by atoms with Gasteiger partial charge in [0, 0.05) is 5.92 Å². The number of nitrogens with one attached hydrogen (secondary N) is 1. The summed E-state index contributed by atoms with van der Waals surface area (Å²) in [6.07, 6.45) is 1.69. The van der Waals surface area contributed by atoms with Gasteiger partial charge in [-0.2, -0.15) is 0 Å². The lowest BCUT2D eigenvalue weighted by Gasteiger charge is -2.22. The van der Waals surface area contributed by atoms with Crippen LogP contribution in [0, 0.1) is 5.92 Å². The standard InChI is InChI=1S/C11H19NO3/c1-6-8(2)9(7-13)12-10(14)15-11(3,4)5/h6-9H,1H2,2-5H3,(H,12,14). The first-order valence-electron chi connectivity index (χ1n) is 4.87. The molecule has 0 aromatic heterocycles. The lowest BCUT2D eigenvalue weighted by atomic mass is 10.0. The molecule has 0 aliphatic carbocycles. The average Bonchev–Trinajstić information content (AvgIpc) is 2.10. The maximum absolute atomic E-state index is 11.3. The summed E-state index contributed by atoms with van der Waals surface area (Å²) in [4.78, 5) is 22.0. The molecule has 0 bridgehead atoms. The van der Waals surface area contributed by atoms with Crippen molar-refractivity contribution in [3.63, 3.8) is 0 Å². The van der Waals surface area contributed by atoms with Crippen molar-refractivity contribution >= 4 is 12.4 Å². The summed E-state index contributed by atoms with van der Waals surface area (Å²) in [6, 6.07) is -0.586. The van der Waals surface area contributed by atoms with Gasteiger partial charge in [-0.15, -0.1) is 6.58 Å². The van der Waals surface area contributed by atoms with E-state index in [1.807, 2.05) is 0 Å². The van der Waals surface area contributed by atoms with Crippen LogP contribution in [-0.2, 0) is 9.53 Å². The number of ether oxygens (including phenoxy) is 1. The van der Waals surface area contributed by atoms with E-state index >= 15 is 0 Å². The second-order valence-electron chi connectivity index (χ2n) is 4.40. The fraction of sp³-hybridized carbons (Fsp3) is 0.636. The van der Waals surface area contributed by atoms with Crippen LogP contribution in [0.15, 0.2) is 12.7 Å². The Hall–Kier alpha value is -1.32. The Labute approximate surface area is 90.7 Å². The van der Waals surface area contributed by atoms with Crippen molar-refractivity contribution in [2.24, 2.45) is 5.92 Å². The smallest absolute Gasteiger partial charge is 0.408 e. The molecule has 0 saturated heterocycles. The maximum atomic E-state index is 11.3. The minimum Gasteiger partial charge on any atom is -0.444 e. The van der Waals surface area contributed by atoms with Gasteiger partial charge in [-0.3, -0.25) is 0 Å². The number of amides is 1. The molecule has 0 aromatic carbocycles. The van der Waals surface area contributed by atoms with E-state index in [9.17, 15) is 9.59 Å². The van der Waals surface area contributed by atoms with E-state index in [2.05, 4.69) is 11.9 Å². The number of carbonyl (C=O) groups excluding carboxylic acids is 2. The van der Waals surface area contributed by atoms with Crippen molar-refractivity contribution in [1.82, 2.24) is 5.32 Å². The summed E-state index contributed by atoms with van der Waals surface area (Å²) in [5.74, 6) is -0.116. The van der Waals surface area contributed by atoms with Crippen LogP contribution in [0.1, 0.15) is 27.7 Å². The summed E-state index contributed by atoms with van der Waals surface area (Å²) in [6.45, 7) is 10.6. The van der Waals surface area contributed by atoms with E-state index in [1.54, 1.807) is 33.8 Å². The van der Waals surface area contributed by atoms with Crippen LogP contribution in [0.5, 0.6) is 0 Å². The van der Waals surface area contributed by atoms with Gasteiger partial charge in [0.2, 0.25) is 0 Å². The average molecular weight is 213 g/mol. The first-order valence-corrected chi connectivity index (χ1v) is 4.87. The molecule has 0 fully saturated rings. The second-order valence-corrected chi connectivity index (χ2v) is 4.40. The highest BCUT2D eigenvalue weighted by molar-refractivity contribution is 5.73. The zero-order valence-electron chi connectivity index (χ0n) is 9.74. The largest absolute Gasteiger partial charge is 0.444 e. The molecule has 0 saturated carbocycles. The van der Waals surface area contributed by atoms with Crippen molar-refractivity contribution < 1.29 is 14.3 Å². The van der Waals surface area contributed by atoms with Crippen molar-refractivity contribution in [2.75, 3.05) is 0 Å². The summed E-state index contributed by atoms with van der Waals surface area (Å²) in [5, 5.41) is 2.47. The van der Waals surface area contributed by atoms with Gasteiger partial charge < -0.3 is 14.8 Å². The maximum Gasteiger partial charge on any atom is 0.408 e. The molecule has 0 heterocycles. The normalized spacial score (nSPS) is 14.9. The molecule has 2 atom stereocenters. The molecular weight excluding hydrogens is 194 g/mol. The van der Waals surface area contributed by atoms with Crippen molar-refractivity contribution in [2.45, 2.75) is 39.3 Å². The summed E-state index contributed by atoms with van der Waals surface area (Å²) < 4.78 is 5.02. The number of alkyl carbamates (subject to hydrolysis) is 1. The van der Waals surface area contributed by atoms with Gasteiger partial charge in [-0.25, -0.2) is 4.79 Å². The predicted molar refractivity (Wildman–Crippen MR) is 58.6 cm³/mol. The van der Waals surface area contributed by atoms with Gasteiger partial charge in [-0.1, -0.05) is 13.0 Å². The molecule has 15 heavy (non-hydrogen) atoms. The van der Waals surface area contributed by atoms with E-state index in [0.717, 1.165) is 0 Å². The SMILES string of the molecule is C=CC(C)C(C=O)NC(=O)OC(C)(C)C. The quantitative estimate of drug-likeness (QED) is 0.573. The van der Waals surface area contributed by atoms with Gasteiger partial charge in [0.05, 0.1) is 6.04 Å². The number of hydrogen-bond acceptors (Lipinski definition) is 3. The minimum absolute atomic E-state index is 0.116. The summed E-state index contributed by atoms with van der Waals surface area (Å²) in [5.41, 5.74) is -0.561. The zero-order valence-corrected chi connectivity index (χ0v) is 9.74. The van der Waals surface area contributed by atoms with Crippen LogP contribution in [0.2, 0.25) is 0 Å². The van der Waals surface area contributed by atoms with E-state index in [-0.39, 0.29) is 5.92 Å². The van der Waals surface area contributed by atoms with E-state index in [4.69, 9.17) is 4.74 Å². The van der Waals surface area contributed by atoms with Gasteiger partial charge in [0.15, 0.2) is 0 Å². The highest BCUT2D eigenvalue weighted by Crippen LogP contribution is 2.08. The molecule has 0 spiro atoms. The van der Waals surface area contributed by atoms with Gasteiger partial charge >= 0.3 is 6.09 Å². The first-order chi connectivity index (χ1) is 6.80. The van der Waals surface area contributed by atoms with Gasteiger partial charge in [0.25, 0.3) is 0 Å². The third-order valence-corrected chi connectivity index (χ3v) is 1.77. The molecule has 1 amide bonds. The summed E-state index contributed by atoms with van der Waals surface area (Å²) in [7, 11) is 0. The third-order valence-electron chi connectivity index (χ3n) is 1.77. The van der Waals surface area contributed by atoms with E-state index in [0.29, 0.717) is 6.29 Å². The highest BCUT2D eigenvalue weighted by atomic mass is 16.6. The monoisotopic (exact) mass is 213 g/mol. The van der Waals surface area contributed by atoms with Crippen LogP contribution < -0.4 is 5.32 Å². The van der Waals surface area contributed by atoms with Crippen molar-refractivity contribution in [3.8, 4) is 0 Å². The first kappa shape index (κ1) is 13.7. The Bertz CT molecular complexity index is 243. The molecule has 0 rings (SSSR count). The lowest BCUT2D eigenvalue weighted by molar-refractivity contribution is -0.110. The number of hydrogen-bond donors (Lipinski definition) is 1.